The predicted molar refractivity (Wildman–Crippen MR) is 94.2 cm³/mol. The van der Waals surface area contributed by atoms with E-state index in [1.807, 2.05) is 60.7 Å². The van der Waals surface area contributed by atoms with E-state index >= 15 is 0 Å². The summed E-state index contributed by atoms with van der Waals surface area (Å²) in [4.78, 5) is 0. The maximum Gasteiger partial charge on any atom is 0.164 e. The normalized spacial score (nSPS) is 12.7. The molecule has 0 aliphatic carbocycles. The molecule has 0 saturated heterocycles. The van der Waals surface area contributed by atoms with Crippen LogP contribution in [0.5, 0.6) is 0 Å². The Morgan fingerprint density at radius 1 is 0.591 bits per heavy atom. The Labute approximate surface area is 150 Å². The molecule has 116 valence electrons. The molecule has 2 nitrogen and oxygen atoms in total. The Bertz CT molecular complexity index is 557. The third-order valence-electron chi connectivity index (χ3n) is 3.03. The number of nitrogens with zero attached hydrogens (tertiary/aromatic N) is 2. The fourth-order valence-electron chi connectivity index (χ4n) is 1.82. The maximum atomic E-state index is 6.27. The van der Waals surface area contributed by atoms with Gasteiger partial charge in [0.05, 0.1) is 13.1 Å². The summed E-state index contributed by atoms with van der Waals surface area (Å²) in [7, 11) is 0. The largest absolute Gasteiger partial charge is 0.191 e. The van der Waals surface area contributed by atoms with Crippen molar-refractivity contribution in [3.8, 4) is 0 Å². The van der Waals surface area contributed by atoms with Crippen molar-refractivity contribution in [3.05, 3.63) is 71.8 Å². The molecule has 0 saturated carbocycles. The molecular weight excluding hydrogens is 362 g/mol. The number of hydrogen-bond acceptors (Lipinski definition) is 2. The van der Waals surface area contributed by atoms with Crippen LogP contribution in [0.2, 0.25) is 0 Å². The lowest BCUT2D eigenvalue weighted by molar-refractivity contribution is 0.736. The Morgan fingerprint density at radius 2 is 0.909 bits per heavy atom. The monoisotopic (exact) mass is 374 g/mol. The molecule has 0 unspecified atom stereocenters. The van der Waals surface area contributed by atoms with Crippen LogP contribution in [0.4, 0.5) is 0 Å². The molecule has 0 spiro atoms. The third kappa shape index (κ3) is 4.85. The second-order valence-electron chi connectivity index (χ2n) is 4.74. The van der Waals surface area contributed by atoms with Gasteiger partial charge in [-0.25, -0.2) is 0 Å². The van der Waals surface area contributed by atoms with Gasteiger partial charge in [0.15, 0.2) is 8.67 Å². The third-order valence-corrected chi connectivity index (χ3v) is 4.38. The number of azo groups is 1. The Hall–Kier alpha value is -0.800. The molecule has 0 fully saturated rings. The molecule has 2 aromatic carbocycles. The van der Waals surface area contributed by atoms with Crippen LogP contribution in [-0.4, -0.2) is 13.1 Å². The van der Waals surface area contributed by atoms with Crippen LogP contribution in [0.25, 0.3) is 0 Å². The number of benzene rings is 2. The van der Waals surface area contributed by atoms with E-state index in [2.05, 4.69) is 10.2 Å². The van der Waals surface area contributed by atoms with Crippen LogP contribution in [0.15, 0.2) is 70.9 Å². The molecule has 0 radical (unpaired) electrons. The minimum absolute atomic E-state index is 0.124. The Balaban J connectivity index is 1.96. The summed E-state index contributed by atoms with van der Waals surface area (Å²) >= 11 is 25.1. The zero-order valence-electron chi connectivity index (χ0n) is 11.6. The number of rotatable bonds is 6. The average molecular weight is 376 g/mol. The zero-order chi connectivity index (χ0) is 16.1. The van der Waals surface area contributed by atoms with Crippen LogP contribution in [0.3, 0.4) is 0 Å². The predicted octanol–water partition coefficient (Wildman–Crippen LogP) is 6.10. The first-order valence-corrected chi connectivity index (χ1v) is 8.13. The molecule has 2 aromatic rings. The van der Waals surface area contributed by atoms with E-state index in [1.54, 1.807) is 0 Å². The second kappa shape index (κ2) is 7.65. The lowest BCUT2D eigenvalue weighted by Gasteiger charge is -2.18. The van der Waals surface area contributed by atoms with Crippen molar-refractivity contribution >= 4 is 46.4 Å². The van der Waals surface area contributed by atoms with E-state index in [9.17, 15) is 0 Å². The van der Waals surface area contributed by atoms with Gasteiger partial charge in [0, 0.05) is 0 Å². The highest BCUT2D eigenvalue weighted by molar-refractivity contribution is 6.48. The lowest BCUT2D eigenvalue weighted by Crippen LogP contribution is -2.16. The second-order valence-corrected chi connectivity index (χ2v) is 7.71. The first-order valence-electron chi connectivity index (χ1n) is 6.62. The molecule has 6 heteroatoms. The van der Waals surface area contributed by atoms with Crippen LogP contribution in [0.1, 0.15) is 11.1 Å². The average Bonchev–Trinajstić information content (AvgIpc) is 2.53. The van der Waals surface area contributed by atoms with Crippen molar-refractivity contribution in [2.75, 3.05) is 13.1 Å². The highest BCUT2D eigenvalue weighted by Gasteiger charge is 2.28. The summed E-state index contributed by atoms with van der Waals surface area (Å²) in [5, 5.41) is 8.04. The van der Waals surface area contributed by atoms with E-state index in [4.69, 9.17) is 46.4 Å². The molecule has 0 atom stereocenters. The van der Waals surface area contributed by atoms with E-state index in [0.717, 1.165) is 11.1 Å². The summed E-state index contributed by atoms with van der Waals surface area (Å²) in [6.45, 7) is 0.248. The molecule has 0 aliphatic heterocycles. The maximum absolute atomic E-state index is 6.27. The molecule has 0 heterocycles. The zero-order valence-corrected chi connectivity index (χ0v) is 14.6. The minimum atomic E-state index is -1.13. The first kappa shape index (κ1) is 17.6. The Kier molecular flexibility index (Phi) is 6.10. The van der Waals surface area contributed by atoms with E-state index in [1.165, 1.54) is 0 Å². The highest BCUT2D eigenvalue weighted by atomic mass is 35.5. The molecule has 2 rings (SSSR count). The van der Waals surface area contributed by atoms with Crippen molar-refractivity contribution in [3.63, 3.8) is 0 Å². The first-order chi connectivity index (χ1) is 10.4. The van der Waals surface area contributed by atoms with Crippen LogP contribution < -0.4 is 0 Å². The summed E-state index contributed by atoms with van der Waals surface area (Å²) in [5.41, 5.74) is 1.53. The molecule has 0 aromatic heterocycles. The fourth-order valence-corrected chi connectivity index (χ4v) is 2.54. The van der Waals surface area contributed by atoms with Crippen molar-refractivity contribution in [1.29, 1.82) is 0 Å². The van der Waals surface area contributed by atoms with Gasteiger partial charge in [0.1, 0.15) is 0 Å². The number of alkyl halides is 4. The van der Waals surface area contributed by atoms with Crippen molar-refractivity contribution in [2.24, 2.45) is 10.2 Å². The van der Waals surface area contributed by atoms with Gasteiger partial charge in [-0.1, -0.05) is 107 Å². The molecule has 0 bridgehead atoms. The molecular formula is C16H14Cl4N2. The molecule has 0 amide bonds. The van der Waals surface area contributed by atoms with Gasteiger partial charge in [0.25, 0.3) is 0 Å². The van der Waals surface area contributed by atoms with E-state index < -0.39 is 8.67 Å². The minimum Gasteiger partial charge on any atom is -0.191 e. The van der Waals surface area contributed by atoms with E-state index in [0.29, 0.717) is 0 Å². The number of halogens is 4. The molecule has 0 aliphatic rings. The van der Waals surface area contributed by atoms with Gasteiger partial charge < -0.3 is 0 Å². The van der Waals surface area contributed by atoms with Crippen LogP contribution in [-0.2, 0) is 8.67 Å². The molecule has 22 heavy (non-hydrogen) atoms. The topological polar surface area (TPSA) is 24.7 Å². The van der Waals surface area contributed by atoms with Crippen molar-refractivity contribution in [1.82, 2.24) is 0 Å². The van der Waals surface area contributed by atoms with Gasteiger partial charge in [-0.3, -0.25) is 0 Å². The highest BCUT2D eigenvalue weighted by Crippen LogP contribution is 2.36. The van der Waals surface area contributed by atoms with Crippen LogP contribution in [0, 0.1) is 0 Å². The van der Waals surface area contributed by atoms with Crippen molar-refractivity contribution in [2.45, 2.75) is 8.67 Å². The number of hydrogen-bond donors (Lipinski definition) is 0. The standard InChI is InChI=1S/C16H14Cl4N2/c17-15(18,13-7-3-1-4-8-13)11-21-22-12-16(19,20)14-9-5-2-6-10-14/h1-10H,11-12H2. The summed E-state index contributed by atoms with van der Waals surface area (Å²) in [6, 6.07) is 18.6. The smallest absolute Gasteiger partial charge is 0.164 e. The van der Waals surface area contributed by atoms with Gasteiger partial charge in [0.2, 0.25) is 0 Å². The molecule has 0 N–H and O–H groups in total. The Morgan fingerprint density at radius 3 is 1.23 bits per heavy atom. The lowest BCUT2D eigenvalue weighted by atomic mass is 10.1. The SMILES string of the molecule is ClC(Cl)(CN=NCC(Cl)(Cl)c1ccccc1)c1ccccc1. The van der Waals surface area contributed by atoms with Gasteiger partial charge in [-0.2, -0.15) is 10.2 Å². The van der Waals surface area contributed by atoms with Gasteiger partial charge in [-0.05, 0) is 11.1 Å². The van der Waals surface area contributed by atoms with E-state index in [-0.39, 0.29) is 13.1 Å². The summed E-state index contributed by atoms with van der Waals surface area (Å²) in [6.07, 6.45) is 0. The van der Waals surface area contributed by atoms with Crippen molar-refractivity contribution < 1.29 is 0 Å². The fraction of sp³-hybridized carbons (Fsp3) is 0.250. The quantitative estimate of drug-likeness (QED) is 0.430. The van der Waals surface area contributed by atoms with Gasteiger partial charge in [-0.15, -0.1) is 0 Å². The summed E-state index contributed by atoms with van der Waals surface area (Å²) in [5.74, 6) is 0. The summed E-state index contributed by atoms with van der Waals surface area (Å²) < 4.78 is -2.25. The van der Waals surface area contributed by atoms with Crippen LogP contribution >= 0.6 is 46.4 Å². The van der Waals surface area contributed by atoms with Gasteiger partial charge >= 0.3 is 0 Å².